The Hall–Kier alpha value is -5.02. The normalized spacial score (nSPS) is 18.5. The van der Waals surface area contributed by atoms with Crippen molar-refractivity contribution in [3.8, 4) is 11.1 Å². The van der Waals surface area contributed by atoms with Crippen LogP contribution in [0.4, 0.5) is 34.1 Å². The van der Waals surface area contributed by atoms with Gasteiger partial charge in [-0.1, -0.05) is 158 Å². The minimum absolute atomic E-state index is 0.00146. The highest BCUT2D eigenvalue weighted by Gasteiger charge is 2.49. The lowest BCUT2D eigenvalue weighted by Crippen LogP contribution is -2.61. The van der Waals surface area contributed by atoms with Gasteiger partial charge in [0, 0.05) is 34.0 Å². The van der Waals surface area contributed by atoms with E-state index in [9.17, 15) is 0 Å². The Labute approximate surface area is 386 Å². The van der Waals surface area contributed by atoms with Crippen LogP contribution in [0.15, 0.2) is 103 Å². The van der Waals surface area contributed by atoms with Crippen LogP contribution in [-0.2, 0) is 32.5 Å². The van der Waals surface area contributed by atoms with Crippen molar-refractivity contribution in [2.75, 3.05) is 9.80 Å². The second-order valence-electron chi connectivity index (χ2n) is 25.0. The molecular formula is C61H71BN2. The fourth-order valence-electron chi connectivity index (χ4n) is 12.6. The van der Waals surface area contributed by atoms with E-state index in [4.69, 9.17) is 0 Å². The molecule has 0 atom stereocenters. The quantitative estimate of drug-likeness (QED) is 0.164. The van der Waals surface area contributed by atoms with Crippen molar-refractivity contribution in [1.29, 1.82) is 0 Å². The maximum atomic E-state index is 2.70. The van der Waals surface area contributed by atoms with E-state index in [1.807, 2.05) is 0 Å². The van der Waals surface area contributed by atoms with Crippen molar-refractivity contribution in [3.63, 3.8) is 0 Å². The molecule has 0 spiro atoms. The van der Waals surface area contributed by atoms with Gasteiger partial charge in [-0.2, -0.15) is 0 Å². The summed E-state index contributed by atoms with van der Waals surface area (Å²) in [6, 6.07) is 41.4. The third-order valence-electron chi connectivity index (χ3n) is 16.2. The molecule has 10 rings (SSSR count). The predicted octanol–water partition coefficient (Wildman–Crippen LogP) is 15.0. The molecule has 0 bridgehead atoms. The number of fused-ring (bicyclic) bond motifs is 6. The molecule has 4 aliphatic rings. The van der Waals surface area contributed by atoms with E-state index in [2.05, 4.69) is 224 Å². The average Bonchev–Trinajstić information content (AvgIpc) is 3.39. The summed E-state index contributed by atoms with van der Waals surface area (Å²) in [5.41, 5.74) is 26.1. The third kappa shape index (κ3) is 6.48. The topological polar surface area (TPSA) is 6.48 Å². The Morgan fingerprint density at radius 2 is 0.953 bits per heavy atom. The molecule has 0 saturated carbocycles. The summed E-state index contributed by atoms with van der Waals surface area (Å²) in [7, 11) is 0. The average molecular weight is 843 g/mol. The number of hydrogen-bond acceptors (Lipinski definition) is 2. The number of rotatable bonds is 3. The molecule has 0 saturated heterocycles. The SMILES string of the molecule is Cc1cc2c3c(c1)N(c1ccc(C(C)(C)C)cc1-c1ccccc1)c1cc4c(cc1B3c1ccc(C(C)(C)C)cc1N2c1cc2c(cc1C)C(C)(C)CCC2(C)C)C(C)(C)CC4(C)C. The van der Waals surface area contributed by atoms with Gasteiger partial charge in [-0.05, 0) is 175 Å². The Morgan fingerprint density at radius 1 is 0.453 bits per heavy atom. The zero-order chi connectivity index (χ0) is 45.8. The van der Waals surface area contributed by atoms with Crippen molar-refractivity contribution < 1.29 is 0 Å². The lowest BCUT2D eigenvalue weighted by Gasteiger charge is -2.47. The first-order chi connectivity index (χ1) is 29.8. The molecule has 2 aliphatic heterocycles. The molecular weight excluding hydrogens is 771 g/mol. The van der Waals surface area contributed by atoms with E-state index in [1.165, 1.54) is 119 Å². The van der Waals surface area contributed by atoms with E-state index in [1.54, 1.807) is 0 Å². The highest BCUT2D eigenvalue weighted by molar-refractivity contribution is 7.00. The Kier molecular flexibility index (Phi) is 9.22. The number of benzene rings is 6. The van der Waals surface area contributed by atoms with Crippen LogP contribution in [0.3, 0.4) is 0 Å². The number of nitrogens with zero attached hydrogens (tertiary/aromatic N) is 2. The molecule has 3 heteroatoms. The summed E-state index contributed by atoms with van der Waals surface area (Å²) in [6.45, 7) is 38.6. The second kappa shape index (κ2) is 13.8. The summed E-state index contributed by atoms with van der Waals surface area (Å²) < 4.78 is 0. The van der Waals surface area contributed by atoms with Crippen LogP contribution in [0.5, 0.6) is 0 Å². The van der Waals surface area contributed by atoms with Crippen LogP contribution in [-0.4, -0.2) is 6.71 Å². The predicted molar refractivity (Wildman–Crippen MR) is 279 cm³/mol. The molecule has 64 heavy (non-hydrogen) atoms. The lowest BCUT2D eigenvalue weighted by atomic mass is 9.33. The molecule has 0 fully saturated rings. The van der Waals surface area contributed by atoms with Crippen molar-refractivity contribution in [3.05, 3.63) is 148 Å². The van der Waals surface area contributed by atoms with Crippen LogP contribution < -0.4 is 26.2 Å². The molecule has 0 N–H and O–H groups in total. The minimum Gasteiger partial charge on any atom is -0.311 e. The molecule has 0 radical (unpaired) electrons. The van der Waals surface area contributed by atoms with Gasteiger partial charge in [-0.3, -0.25) is 0 Å². The monoisotopic (exact) mass is 843 g/mol. The summed E-state index contributed by atoms with van der Waals surface area (Å²) in [6.07, 6.45) is 3.51. The van der Waals surface area contributed by atoms with Gasteiger partial charge in [-0.25, -0.2) is 0 Å². The fourth-order valence-corrected chi connectivity index (χ4v) is 12.6. The van der Waals surface area contributed by atoms with Gasteiger partial charge in [0.15, 0.2) is 0 Å². The molecule has 2 nitrogen and oxygen atoms in total. The van der Waals surface area contributed by atoms with Crippen molar-refractivity contribution >= 4 is 57.2 Å². The van der Waals surface area contributed by atoms with Crippen LogP contribution >= 0.6 is 0 Å². The second-order valence-corrected chi connectivity index (χ2v) is 25.0. The first-order valence-corrected chi connectivity index (χ1v) is 24.2. The smallest absolute Gasteiger partial charge is 0.252 e. The van der Waals surface area contributed by atoms with Gasteiger partial charge in [0.1, 0.15) is 0 Å². The summed E-state index contributed by atoms with van der Waals surface area (Å²) >= 11 is 0. The molecule has 2 heterocycles. The Bertz CT molecular complexity index is 2910. The molecule has 0 unspecified atom stereocenters. The zero-order valence-electron chi connectivity index (χ0n) is 41.9. The van der Waals surface area contributed by atoms with Crippen molar-refractivity contribution in [1.82, 2.24) is 0 Å². The van der Waals surface area contributed by atoms with Gasteiger partial charge in [-0.15, -0.1) is 0 Å². The maximum Gasteiger partial charge on any atom is 0.252 e. The standard InChI is InChI=1S/C61H71BN2/c1-37-28-53-55-54(29-37)64(50-34-45-43(30-38(50)2)58(9,10)26-27-59(45,11)12)51-32-41(57(6,7)8)22-24-47(51)62(55)48-33-44-46(61(15,16)36-60(44,13)14)35-52(48)63(53)49-25-23-40(56(3,4)5)31-42(49)39-20-18-17-19-21-39/h17-25,28-35H,26-27,36H2,1-16H3. The van der Waals surface area contributed by atoms with E-state index < -0.39 is 0 Å². The van der Waals surface area contributed by atoms with Gasteiger partial charge < -0.3 is 9.80 Å². The Morgan fingerprint density at radius 3 is 1.56 bits per heavy atom. The molecule has 6 aromatic carbocycles. The molecule has 2 aliphatic carbocycles. The van der Waals surface area contributed by atoms with Gasteiger partial charge in [0.05, 0.1) is 5.69 Å². The van der Waals surface area contributed by atoms with E-state index >= 15 is 0 Å². The van der Waals surface area contributed by atoms with Gasteiger partial charge in [0.25, 0.3) is 6.71 Å². The Balaban J connectivity index is 1.34. The highest BCUT2D eigenvalue weighted by atomic mass is 15.2. The summed E-state index contributed by atoms with van der Waals surface area (Å²) in [5.74, 6) is 0. The van der Waals surface area contributed by atoms with E-state index in [0.717, 1.165) is 6.42 Å². The number of aryl methyl sites for hydroxylation is 2. The largest absolute Gasteiger partial charge is 0.311 e. The van der Waals surface area contributed by atoms with Gasteiger partial charge >= 0.3 is 0 Å². The summed E-state index contributed by atoms with van der Waals surface area (Å²) in [4.78, 5) is 5.39. The van der Waals surface area contributed by atoms with E-state index in [-0.39, 0.29) is 39.2 Å². The van der Waals surface area contributed by atoms with E-state index in [0.29, 0.717) is 0 Å². The number of hydrogen-bond donors (Lipinski definition) is 0. The fraction of sp³-hybridized carbons (Fsp3) is 0.410. The first-order valence-electron chi connectivity index (χ1n) is 24.2. The van der Waals surface area contributed by atoms with Crippen LogP contribution in [0.25, 0.3) is 11.1 Å². The molecule has 0 amide bonds. The van der Waals surface area contributed by atoms with Crippen LogP contribution in [0.1, 0.15) is 161 Å². The van der Waals surface area contributed by atoms with Crippen molar-refractivity contribution in [2.45, 2.75) is 163 Å². The summed E-state index contributed by atoms with van der Waals surface area (Å²) in [5, 5.41) is 0. The highest BCUT2D eigenvalue weighted by Crippen LogP contribution is 2.55. The zero-order valence-corrected chi connectivity index (χ0v) is 41.9. The van der Waals surface area contributed by atoms with Crippen LogP contribution in [0.2, 0.25) is 0 Å². The minimum atomic E-state index is -0.0135. The maximum absolute atomic E-state index is 2.70. The van der Waals surface area contributed by atoms with Crippen LogP contribution in [0, 0.1) is 13.8 Å². The third-order valence-corrected chi connectivity index (χ3v) is 16.2. The van der Waals surface area contributed by atoms with Gasteiger partial charge in [0.2, 0.25) is 0 Å². The number of anilines is 6. The molecule has 6 aromatic rings. The lowest BCUT2D eigenvalue weighted by molar-refractivity contribution is 0.332. The van der Waals surface area contributed by atoms with Crippen molar-refractivity contribution in [2.24, 2.45) is 0 Å². The first kappa shape index (κ1) is 42.9. The molecule has 0 aromatic heterocycles. The molecule has 328 valence electrons.